The van der Waals surface area contributed by atoms with E-state index in [0.29, 0.717) is 11.4 Å². The monoisotopic (exact) mass is 304 g/mol. The summed E-state index contributed by atoms with van der Waals surface area (Å²) in [5.74, 6) is 0. The lowest BCUT2D eigenvalue weighted by atomic mass is 10.1. The second-order valence-corrected chi connectivity index (χ2v) is 6.80. The Kier molecular flexibility index (Phi) is 4.23. The molecule has 2 aromatic carbocycles. The van der Waals surface area contributed by atoms with Gasteiger partial charge in [0.25, 0.3) is 10.0 Å². The highest BCUT2D eigenvalue weighted by Crippen LogP contribution is 2.22. The van der Waals surface area contributed by atoms with Crippen molar-refractivity contribution in [2.24, 2.45) is 0 Å². The van der Waals surface area contributed by atoms with Gasteiger partial charge in [-0.2, -0.15) is 0 Å². The molecule has 0 saturated heterocycles. The maximum Gasteiger partial charge on any atom is 0.261 e. The van der Waals surface area contributed by atoms with Crippen LogP contribution in [0.5, 0.6) is 0 Å². The Morgan fingerprint density at radius 1 is 1.05 bits per heavy atom. The average molecular weight is 304 g/mol. The van der Waals surface area contributed by atoms with Crippen LogP contribution in [0.4, 0.5) is 11.4 Å². The van der Waals surface area contributed by atoms with Crippen molar-refractivity contribution >= 4 is 21.4 Å². The van der Waals surface area contributed by atoms with Crippen LogP contribution in [0.25, 0.3) is 0 Å². The molecule has 5 heteroatoms. The fraction of sp³-hybridized carbons (Fsp3) is 0.250. The first-order chi connectivity index (χ1) is 9.83. The SMILES string of the molecule is CCc1ccc(NS(=O)(=O)c2ccc(C)c(C)c2)cc1N. The van der Waals surface area contributed by atoms with Gasteiger partial charge >= 0.3 is 0 Å². The maximum absolute atomic E-state index is 12.4. The van der Waals surface area contributed by atoms with Gasteiger partial charge in [0.05, 0.1) is 10.6 Å². The van der Waals surface area contributed by atoms with E-state index in [0.717, 1.165) is 23.1 Å². The molecule has 2 aromatic rings. The van der Waals surface area contributed by atoms with Crippen LogP contribution in [0.2, 0.25) is 0 Å². The summed E-state index contributed by atoms with van der Waals surface area (Å²) in [6.07, 6.45) is 0.815. The number of hydrogen-bond donors (Lipinski definition) is 2. The molecule has 0 saturated carbocycles. The molecule has 0 amide bonds. The van der Waals surface area contributed by atoms with Crippen molar-refractivity contribution in [1.29, 1.82) is 0 Å². The van der Waals surface area contributed by atoms with Gasteiger partial charge in [0.15, 0.2) is 0 Å². The molecule has 0 aromatic heterocycles. The van der Waals surface area contributed by atoms with Crippen molar-refractivity contribution in [3.8, 4) is 0 Å². The molecule has 0 fully saturated rings. The third-order valence-corrected chi connectivity index (χ3v) is 4.95. The summed E-state index contributed by atoms with van der Waals surface area (Å²) in [5, 5.41) is 0. The van der Waals surface area contributed by atoms with Crippen molar-refractivity contribution < 1.29 is 8.42 Å². The number of nitrogen functional groups attached to an aromatic ring is 1. The van der Waals surface area contributed by atoms with E-state index in [-0.39, 0.29) is 4.90 Å². The topological polar surface area (TPSA) is 72.2 Å². The van der Waals surface area contributed by atoms with Crippen LogP contribution >= 0.6 is 0 Å². The molecule has 0 heterocycles. The number of rotatable bonds is 4. The van der Waals surface area contributed by atoms with Crippen LogP contribution in [0.3, 0.4) is 0 Å². The smallest absolute Gasteiger partial charge is 0.261 e. The molecule has 0 atom stereocenters. The largest absolute Gasteiger partial charge is 0.398 e. The van der Waals surface area contributed by atoms with Crippen molar-refractivity contribution in [3.05, 3.63) is 53.1 Å². The number of benzene rings is 2. The zero-order valence-electron chi connectivity index (χ0n) is 12.5. The number of nitrogens with one attached hydrogen (secondary N) is 1. The average Bonchev–Trinajstić information content (AvgIpc) is 2.41. The summed E-state index contributed by atoms with van der Waals surface area (Å²) in [6.45, 7) is 5.84. The highest BCUT2D eigenvalue weighted by Gasteiger charge is 2.15. The van der Waals surface area contributed by atoms with E-state index in [1.807, 2.05) is 26.8 Å². The predicted octanol–water partition coefficient (Wildman–Crippen LogP) is 3.25. The molecule has 4 nitrogen and oxygen atoms in total. The van der Waals surface area contributed by atoms with Crippen LogP contribution in [0.1, 0.15) is 23.6 Å². The van der Waals surface area contributed by atoms with Gasteiger partial charge in [-0.25, -0.2) is 8.42 Å². The summed E-state index contributed by atoms with van der Waals surface area (Å²) in [4.78, 5) is 0.253. The third-order valence-electron chi connectivity index (χ3n) is 3.57. The number of anilines is 2. The number of sulfonamides is 1. The molecule has 0 radical (unpaired) electrons. The lowest BCUT2D eigenvalue weighted by Crippen LogP contribution is -2.13. The molecule has 21 heavy (non-hydrogen) atoms. The Balaban J connectivity index is 2.32. The number of hydrogen-bond acceptors (Lipinski definition) is 3. The second-order valence-electron chi connectivity index (χ2n) is 5.12. The fourth-order valence-electron chi connectivity index (χ4n) is 2.08. The first-order valence-corrected chi connectivity index (χ1v) is 8.30. The van der Waals surface area contributed by atoms with Gasteiger partial charge in [0, 0.05) is 5.69 Å². The maximum atomic E-state index is 12.4. The predicted molar refractivity (Wildman–Crippen MR) is 87.0 cm³/mol. The zero-order valence-corrected chi connectivity index (χ0v) is 13.3. The standard InChI is InChI=1S/C16H20N2O2S/c1-4-13-6-7-14(10-16(13)17)18-21(19,20)15-8-5-11(2)12(3)9-15/h5-10,18H,4,17H2,1-3H3. The van der Waals surface area contributed by atoms with Gasteiger partial charge in [-0.15, -0.1) is 0 Å². The Morgan fingerprint density at radius 3 is 2.33 bits per heavy atom. The molecule has 0 spiro atoms. The van der Waals surface area contributed by atoms with E-state index in [9.17, 15) is 8.42 Å². The van der Waals surface area contributed by atoms with Gasteiger partial charge in [-0.3, -0.25) is 4.72 Å². The van der Waals surface area contributed by atoms with E-state index in [2.05, 4.69) is 4.72 Å². The quantitative estimate of drug-likeness (QED) is 0.852. The molecule has 0 unspecified atom stereocenters. The van der Waals surface area contributed by atoms with Crippen molar-refractivity contribution in [2.75, 3.05) is 10.5 Å². The lowest BCUT2D eigenvalue weighted by Gasteiger charge is -2.11. The van der Waals surface area contributed by atoms with Gasteiger partial charge in [-0.1, -0.05) is 19.1 Å². The third kappa shape index (κ3) is 3.36. The van der Waals surface area contributed by atoms with Crippen molar-refractivity contribution in [2.45, 2.75) is 32.1 Å². The van der Waals surface area contributed by atoms with E-state index in [4.69, 9.17) is 5.73 Å². The molecule has 0 aliphatic rings. The summed E-state index contributed by atoms with van der Waals surface area (Å²) in [7, 11) is -3.59. The molecule has 2 rings (SSSR count). The number of aryl methyl sites for hydroxylation is 3. The first-order valence-electron chi connectivity index (χ1n) is 6.82. The van der Waals surface area contributed by atoms with Gasteiger partial charge < -0.3 is 5.73 Å². The number of nitrogens with two attached hydrogens (primary N) is 1. The van der Waals surface area contributed by atoms with Crippen LogP contribution in [-0.2, 0) is 16.4 Å². The Hall–Kier alpha value is -2.01. The Labute approximate surface area is 126 Å². The van der Waals surface area contributed by atoms with E-state index >= 15 is 0 Å². The van der Waals surface area contributed by atoms with Gasteiger partial charge in [-0.05, 0) is 61.2 Å². The van der Waals surface area contributed by atoms with Gasteiger partial charge in [0.1, 0.15) is 0 Å². The molecule has 3 N–H and O–H groups in total. The molecule has 0 aliphatic heterocycles. The van der Waals surface area contributed by atoms with Crippen LogP contribution in [0.15, 0.2) is 41.3 Å². The summed E-state index contributed by atoms with van der Waals surface area (Å²) < 4.78 is 27.3. The molecule has 112 valence electrons. The van der Waals surface area contributed by atoms with Crippen LogP contribution < -0.4 is 10.5 Å². The van der Waals surface area contributed by atoms with Crippen LogP contribution in [0, 0.1) is 13.8 Å². The van der Waals surface area contributed by atoms with Crippen molar-refractivity contribution in [1.82, 2.24) is 0 Å². The van der Waals surface area contributed by atoms with Crippen molar-refractivity contribution in [3.63, 3.8) is 0 Å². The minimum absolute atomic E-state index is 0.253. The zero-order chi connectivity index (χ0) is 15.6. The van der Waals surface area contributed by atoms with Crippen LogP contribution in [-0.4, -0.2) is 8.42 Å². The minimum Gasteiger partial charge on any atom is -0.398 e. The van der Waals surface area contributed by atoms with E-state index in [1.165, 1.54) is 0 Å². The minimum atomic E-state index is -3.59. The molecule has 0 bridgehead atoms. The normalized spacial score (nSPS) is 11.4. The highest BCUT2D eigenvalue weighted by molar-refractivity contribution is 7.92. The summed E-state index contributed by atoms with van der Waals surface area (Å²) in [5.41, 5.74) is 9.98. The summed E-state index contributed by atoms with van der Waals surface area (Å²) >= 11 is 0. The van der Waals surface area contributed by atoms with E-state index < -0.39 is 10.0 Å². The fourth-order valence-corrected chi connectivity index (χ4v) is 3.21. The van der Waals surface area contributed by atoms with E-state index in [1.54, 1.807) is 30.3 Å². The lowest BCUT2D eigenvalue weighted by molar-refractivity contribution is 0.601. The highest BCUT2D eigenvalue weighted by atomic mass is 32.2. The second kappa shape index (κ2) is 5.77. The Morgan fingerprint density at radius 2 is 1.76 bits per heavy atom. The summed E-state index contributed by atoms with van der Waals surface area (Å²) in [6, 6.07) is 10.3. The molecular formula is C16H20N2O2S. The molecular weight excluding hydrogens is 284 g/mol. The Bertz CT molecular complexity index is 768. The molecule has 0 aliphatic carbocycles. The first kappa shape index (κ1) is 15.4. The van der Waals surface area contributed by atoms with Gasteiger partial charge in [0.2, 0.25) is 0 Å².